The van der Waals surface area contributed by atoms with Gasteiger partial charge in [0.2, 0.25) is 0 Å². The molecule has 0 unspecified atom stereocenters. The molecule has 2 aromatic carbocycles. The van der Waals surface area contributed by atoms with Crippen molar-refractivity contribution in [1.82, 2.24) is 10.7 Å². The molecule has 0 aliphatic heterocycles. The number of amides is 2. The number of hydrazone groups is 1. The molecule has 3 rings (SSSR count). The van der Waals surface area contributed by atoms with Crippen molar-refractivity contribution in [2.24, 2.45) is 5.10 Å². The second-order valence-electron chi connectivity index (χ2n) is 6.07. The van der Waals surface area contributed by atoms with Crippen molar-refractivity contribution in [2.45, 2.75) is 0 Å². The summed E-state index contributed by atoms with van der Waals surface area (Å²) in [6.45, 7) is 0. The van der Waals surface area contributed by atoms with E-state index in [1.807, 2.05) is 0 Å². The van der Waals surface area contributed by atoms with Crippen LogP contribution in [-0.2, 0) is 4.79 Å². The zero-order valence-electron chi connectivity index (χ0n) is 15.8. The number of carbonyl (C=O) groups is 2. The van der Waals surface area contributed by atoms with Crippen LogP contribution in [0.15, 0.2) is 86.6 Å². The molecule has 0 saturated carbocycles. The van der Waals surface area contributed by atoms with Gasteiger partial charge >= 0.3 is 0 Å². The zero-order chi connectivity index (χ0) is 22.2. The highest BCUT2D eigenvalue weighted by Crippen LogP contribution is 2.15. The van der Waals surface area contributed by atoms with Crippen molar-refractivity contribution in [3.05, 3.63) is 104 Å². The molecule has 2 N–H and O–H groups in total. The Balaban J connectivity index is 1.81. The number of nitro groups is 1. The minimum Gasteiger partial charge on any atom is -0.448 e. The summed E-state index contributed by atoms with van der Waals surface area (Å²) in [7, 11) is 0. The number of carbonyl (C=O) groups excluding carboxylic acids is 2. The Labute approximate surface area is 184 Å². The van der Waals surface area contributed by atoms with Crippen LogP contribution in [0.1, 0.15) is 21.7 Å². The van der Waals surface area contributed by atoms with Gasteiger partial charge in [-0.1, -0.05) is 18.2 Å². The molecule has 0 fully saturated rings. The third-order valence-electron chi connectivity index (χ3n) is 3.90. The zero-order valence-corrected chi connectivity index (χ0v) is 17.4. The number of nitro benzene ring substituents is 1. The van der Waals surface area contributed by atoms with Gasteiger partial charge < -0.3 is 9.73 Å². The van der Waals surface area contributed by atoms with E-state index in [4.69, 9.17) is 4.42 Å². The average Bonchev–Trinajstić information content (AvgIpc) is 3.19. The maximum atomic E-state index is 12.6. The first-order valence-corrected chi connectivity index (χ1v) is 9.63. The van der Waals surface area contributed by atoms with Gasteiger partial charge in [0.25, 0.3) is 17.5 Å². The summed E-state index contributed by atoms with van der Waals surface area (Å²) in [6, 6.07) is 17.2. The SMILES string of the molecule is O=C(N/N=C/c1ccc(Br)o1)/C(=C/c1ccc([N+](=O)[O-])cc1)NC(=O)c1ccccc1. The third kappa shape index (κ3) is 6.21. The summed E-state index contributed by atoms with van der Waals surface area (Å²) < 4.78 is 5.76. The summed E-state index contributed by atoms with van der Waals surface area (Å²) in [6.07, 6.45) is 2.68. The molecule has 3 aromatic rings. The molecule has 9 nitrogen and oxygen atoms in total. The number of nitrogens with one attached hydrogen (secondary N) is 2. The Morgan fingerprint density at radius 2 is 1.74 bits per heavy atom. The highest BCUT2D eigenvalue weighted by Gasteiger charge is 2.15. The average molecular weight is 483 g/mol. The quantitative estimate of drug-likeness (QED) is 0.228. The van der Waals surface area contributed by atoms with E-state index in [9.17, 15) is 19.7 Å². The Morgan fingerprint density at radius 1 is 1.03 bits per heavy atom. The van der Waals surface area contributed by atoms with Gasteiger partial charge in [-0.2, -0.15) is 5.10 Å². The Hall–Kier alpha value is -4.05. The van der Waals surface area contributed by atoms with Crippen molar-refractivity contribution < 1.29 is 18.9 Å². The van der Waals surface area contributed by atoms with Crippen LogP contribution >= 0.6 is 15.9 Å². The van der Waals surface area contributed by atoms with E-state index < -0.39 is 16.7 Å². The molecule has 0 saturated heterocycles. The smallest absolute Gasteiger partial charge is 0.287 e. The van der Waals surface area contributed by atoms with Gasteiger partial charge in [-0.05, 0) is 64.0 Å². The third-order valence-corrected chi connectivity index (χ3v) is 4.32. The van der Waals surface area contributed by atoms with Crippen LogP contribution in [0.2, 0.25) is 0 Å². The summed E-state index contributed by atoms with van der Waals surface area (Å²) in [5, 5.41) is 17.2. The van der Waals surface area contributed by atoms with Gasteiger partial charge in [0.1, 0.15) is 11.5 Å². The largest absolute Gasteiger partial charge is 0.448 e. The number of rotatable bonds is 7. The standard InChI is InChI=1S/C21H15BrN4O5/c22-19-11-10-17(31-19)13-23-25-21(28)18(24-20(27)15-4-2-1-3-5-15)12-14-6-8-16(9-7-14)26(29)30/h1-13H,(H,24,27)(H,25,28)/b18-12-,23-13+. The molecule has 1 aromatic heterocycles. The molecule has 0 aliphatic rings. The minimum absolute atomic E-state index is 0.0920. The maximum Gasteiger partial charge on any atom is 0.287 e. The summed E-state index contributed by atoms with van der Waals surface area (Å²) in [5.41, 5.74) is 2.95. The van der Waals surface area contributed by atoms with E-state index in [0.29, 0.717) is 21.6 Å². The van der Waals surface area contributed by atoms with Crippen LogP contribution in [0.3, 0.4) is 0 Å². The van der Waals surface area contributed by atoms with E-state index in [-0.39, 0.29) is 11.4 Å². The fourth-order valence-electron chi connectivity index (χ4n) is 2.41. The summed E-state index contributed by atoms with van der Waals surface area (Å²) in [5.74, 6) is -0.784. The summed E-state index contributed by atoms with van der Waals surface area (Å²) >= 11 is 3.16. The molecule has 0 bridgehead atoms. The van der Waals surface area contributed by atoms with Crippen molar-refractivity contribution in [3.8, 4) is 0 Å². The fraction of sp³-hybridized carbons (Fsp3) is 0. The molecule has 0 spiro atoms. The number of nitrogens with zero attached hydrogens (tertiary/aromatic N) is 2. The van der Waals surface area contributed by atoms with Crippen molar-refractivity contribution in [2.75, 3.05) is 0 Å². The van der Waals surface area contributed by atoms with Crippen LogP contribution in [-0.4, -0.2) is 23.0 Å². The van der Waals surface area contributed by atoms with E-state index in [2.05, 4.69) is 31.8 Å². The van der Waals surface area contributed by atoms with E-state index in [1.54, 1.807) is 42.5 Å². The first-order valence-electron chi connectivity index (χ1n) is 8.83. The van der Waals surface area contributed by atoms with Gasteiger partial charge in [0, 0.05) is 17.7 Å². The maximum absolute atomic E-state index is 12.6. The second kappa shape index (κ2) is 10.1. The van der Waals surface area contributed by atoms with E-state index in [1.165, 1.54) is 36.6 Å². The first-order chi connectivity index (χ1) is 14.9. The fourth-order valence-corrected chi connectivity index (χ4v) is 2.73. The lowest BCUT2D eigenvalue weighted by atomic mass is 10.1. The molecule has 0 aliphatic carbocycles. The van der Waals surface area contributed by atoms with Crippen molar-refractivity contribution in [1.29, 1.82) is 0 Å². The molecular formula is C21H15BrN4O5. The Kier molecular flexibility index (Phi) is 7.07. The molecule has 0 atom stereocenters. The molecule has 156 valence electrons. The van der Waals surface area contributed by atoms with Gasteiger partial charge in [-0.15, -0.1) is 0 Å². The normalized spacial score (nSPS) is 11.3. The molecule has 1 heterocycles. The highest BCUT2D eigenvalue weighted by atomic mass is 79.9. The molecule has 10 heteroatoms. The van der Waals surface area contributed by atoms with Gasteiger partial charge in [0.05, 0.1) is 11.1 Å². The predicted octanol–water partition coefficient (Wildman–Crippen LogP) is 3.87. The molecule has 31 heavy (non-hydrogen) atoms. The van der Waals surface area contributed by atoms with Crippen molar-refractivity contribution in [3.63, 3.8) is 0 Å². The topological polar surface area (TPSA) is 127 Å². The van der Waals surface area contributed by atoms with E-state index >= 15 is 0 Å². The number of halogens is 1. The lowest BCUT2D eigenvalue weighted by Crippen LogP contribution is -2.32. The highest BCUT2D eigenvalue weighted by molar-refractivity contribution is 9.10. The van der Waals surface area contributed by atoms with Gasteiger partial charge in [-0.25, -0.2) is 5.43 Å². The first kappa shape index (κ1) is 21.7. The van der Waals surface area contributed by atoms with E-state index in [0.717, 1.165) is 0 Å². The van der Waals surface area contributed by atoms with Crippen LogP contribution < -0.4 is 10.7 Å². The monoisotopic (exact) mass is 482 g/mol. The van der Waals surface area contributed by atoms with Gasteiger partial charge in [0.15, 0.2) is 4.67 Å². The summed E-state index contributed by atoms with van der Waals surface area (Å²) in [4.78, 5) is 35.4. The second-order valence-corrected chi connectivity index (χ2v) is 6.85. The number of hydrogen-bond donors (Lipinski definition) is 2. The van der Waals surface area contributed by atoms with Crippen LogP contribution in [0.25, 0.3) is 6.08 Å². The number of furan rings is 1. The lowest BCUT2D eigenvalue weighted by molar-refractivity contribution is -0.384. The number of benzene rings is 2. The lowest BCUT2D eigenvalue weighted by Gasteiger charge is -2.09. The predicted molar refractivity (Wildman–Crippen MR) is 117 cm³/mol. The van der Waals surface area contributed by atoms with Crippen LogP contribution in [0.4, 0.5) is 5.69 Å². The number of hydrogen-bond acceptors (Lipinski definition) is 6. The van der Waals surface area contributed by atoms with Gasteiger partial charge in [-0.3, -0.25) is 19.7 Å². The molecule has 2 amide bonds. The van der Waals surface area contributed by atoms with Crippen LogP contribution in [0, 0.1) is 10.1 Å². The van der Waals surface area contributed by atoms with Crippen LogP contribution in [0.5, 0.6) is 0 Å². The molecule has 0 radical (unpaired) electrons. The molecular weight excluding hydrogens is 468 g/mol. The Bertz CT molecular complexity index is 1150. The van der Waals surface area contributed by atoms with Crippen molar-refractivity contribution >= 4 is 45.7 Å². The minimum atomic E-state index is -0.690. The number of non-ortho nitro benzene ring substituents is 1. The Morgan fingerprint density at radius 3 is 2.35 bits per heavy atom.